The fourth-order valence-corrected chi connectivity index (χ4v) is 2.26. The zero-order chi connectivity index (χ0) is 14.4. The van der Waals surface area contributed by atoms with Gasteiger partial charge in [0.15, 0.2) is 0 Å². The number of aryl methyl sites for hydroxylation is 1. The summed E-state index contributed by atoms with van der Waals surface area (Å²) in [4.78, 5) is 15.3. The molecule has 106 valence electrons. The minimum absolute atomic E-state index is 0.470. The lowest BCUT2D eigenvalue weighted by atomic mass is 10.1. The molecule has 0 spiro atoms. The minimum Gasteiger partial charge on any atom is -0.410 e. The third-order valence-corrected chi connectivity index (χ3v) is 3.27. The fourth-order valence-electron chi connectivity index (χ4n) is 2.26. The van der Waals surface area contributed by atoms with Crippen molar-refractivity contribution in [3.05, 3.63) is 36.0 Å². The molecule has 4 nitrogen and oxygen atoms in total. The number of benzene rings is 1. The third kappa shape index (κ3) is 3.70. The number of carbonyl (C=O) groups is 1. The van der Waals surface area contributed by atoms with Crippen molar-refractivity contribution in [3.8, 4) is 5.75 Å². The van der Waals surface area contributed by atoms with Gasteiger partial charge in [0.25, 0.3) is 0 Å². The molecule has 0 aliphatic heterocycles. The molecular weight excluding hydrogens is 252 g/mol. The molecular formula is C16H20N2O2. The first-order chi connectivity index (χ1) is 9.70. The first kappa shape index (κ1) is 14.3. The van der Waals surface area contributed by atoms with Crippen molar-refractivity contribution < 1.29 is 9.53 Å². The molecule has 20 heavy (non-hydrogen) atoms. The van der Waals surface area contributed by atoms with Crippen molar-refractivity contribution in [2.75, 3.05) is 0 Å². The van der Waals surface area contributed by atoms with E-state index in [4.69, 9.17) is 10.5 Å². The SMILES string of the molecule is CCCCCCc1cnc2cccc(OC(N)=O)c2c1. The van der Waals surface area contributed by atoms with E-state index in [9.17, 15) is 4.79 Å². The number of carbonyl (C=O) groups excluding carboxylic acids is 1. The summed E-state index contributed by atoms with van der Waals surface area (Å²) >= 11 is 0. The van der Waals surface area contributed by atoms with E-state index in [1.165, 1.54) is 19.3 Å². The summed E-state index contributed by atoms with van der Waals surface area (Å²) in [6.07, 6.45) is 6.96. The fraction of sp³-hybridized carbons (Fsp3) is 0.375. The Bertz CT molecular complexity index is 596. The molecule has 0 bridgehead atoms. The second-order valence-corrected chi connectivity index (χ2v) is 4.90. The number of primary amides is 1. The molecule has 0 unspecified atom stereocenters. The molecule has 0 saturated heterocycles. The number of aromatic nitrogens is 1. The van der Waals surface area contributed by atoms with Crippen molar-refractivity contribution in [2.45, 2.75) is 39.0 Å². The molecule has 2 rings (SSSR count). The molecule has 0 aliphatic carbocycles. The summed E-state index contributed by atoms with van der Waals surface area (Å²) in [7, 11) is 0. The van der Waals surface area contributed by atoms with E-state index in [2.05, 4.69) is 11.9 Å². The number of nitrogens with zero attached hydrogens (tertiary/aromatic N) is 1. The minimum atomic E-state index is -0.800. The van der Waals surface area contributed by atoms with Crippen molar-refractivity contribution in [3.63, 3.8) is 0 Å². The average Bonchev–Trinajstić information content (AvgIpc) is 2.43. The van der Waals surface area contributed by atoms with Crippen LogP contribution in [0, 0.1) is 0 Å². The molecule has 0 fully saturated rings. The first-order valence-electron chi connectivity index (χ1n) is 7.05. The van der Waals surface area contributed by atoms with Gasteiger partial charge >= 0.3 is 6.09 Å². The molecule has 2 N–H and O–H groups in total. The maximum absolute atomic E-state index is 10.9. The number of nitrogens with two attached hydrogens (primary N) is 1. The van der Waals surface area contributed by atoms with Crippen LogP contribution in [0.25, 0.3) is 10.9 Å². The molecule has 0 radical (unpaired) electrons. The van der Waals surface area contributed by atoms with Crippen molar-refractivity contribution in [1.29, 1.82) is 0 Å². The van der Waals surface area contributed by atoms with Crippen molar-refractivity contribution in [1.82, 2.24) is 4.98 Å². The largest absolute Gasteiger partial charge is 0.410 e. The summed E-state index contributed by atoms with van der Waals surface area (Å²) in [5.74, 6) is 0.470. The van der Waals surface area contributed by atoms with Crippen LogP contribution in [0.5, 0.6) is 5.75 Å². The Morgan fingerprint density at radius 3 is 2.90 bits per heavy atom. The number of fused-ring (bicyclic) bond motifs is 1. The Hall–Kier alpha value is -2.10. The number of unbranched alkanes of at least 4 members (excludes halogenated alkanes) is 3. The smallest absolute Gasteiger partial charge is 0.409 e. The second kappa shape index (κ2) is 6.89. The monoisotopic (exact) mass is 272 g/mol. The molecule has 1 aromatic heterocycles. The summed E-state index contributed by atoms with van der Waals surface area (Å²) in [6, 6.07) is 7.46. The Labute approximate surface area is 119 Å². The molecule has 0 atom stereocenters. The molecule has 0 saturated carbocycles. The van der Waals surface area contributed by atoms with Gasteiger partial charge in [-0.2, -0.15) is 0 Å². The highest BCUT2D eigenvalue weighted by molar-refractivity contribution is 5.87. The van der Waals surface area contributed by atoms with E-state index in [-0.39, 0.29) is 0 Å². The van der Waals surface area contributed by atoms with E-state index < -0.39 is 6.09 Å². The molecule has 1 heterocycles. The highest BCUT2D eigenvalue weighted by atomic mass is 16.5. The number of ether oxygens (including phenoxy) is 1. The van der Waals surface area contributed by atoms with Gasteiger partial charge in [-0.05, 0) is 36.6 Å². The topological polar surface area (TPSA) is 65.2 Å². The molecule has 2 aromatic rings. The van der Waals surface area contributed by atoms with E-state index in [1.807, 2.05) is 18.3 Å². The van der Waals surface area contributed by atoms with Gasteiger partial charge < -0.3 is 10.5 Å². The highest BCUT2D eigenvalue weighted by Crippen LogP contribution is 2.25. The van der Waals surface area contributed by atoms with Gasteiger partial charge in [0, 0.05) is 11.6 Å². The standard InChI is InChI=1S/C16H20N2O2/c1-2-3-4-5-7-12-10-13-14(18-11-12)8-6-9-15(13)20-16(17)19/h6,8-11H,2-5,7H2,1H3,(H2,17,19). The van der Waals surface area contributed by atoms with Gasteiger partial charge in [-0.3, -0.25) is 4.98 Å². The maximum atomic E-state index is 10.9. The first-order valence-corrected chi connectivity index (χ1v) is 7.05. The zero-order valence-electron chi connectivity index (χ0n) is 11.8. The van der Waals surface area contributed by atoms with Crippen molar-refractivity contribution >= 4 is 17.0 Å². The van der Waals surface area contributed by atoms with Crippen molar-refractivity contribution in [2.24, 2.45) is 5.73 Å². The zero-order valence-corrected chi connectivity index (χ0v) is 11.8. The van der Waals surface area contributed by atoms with Gasteiger partial charge in [0.05, 0.1) is 5.52 Å². The van der Waals surface area contributed by atoms with Gasteiger partial charge in [-0.1, -0.05) is 32.3 Å². The van der Waals surface area contributed by atoms with Crippen LogP contribution >= 0.6 is 0 Å². The van der Waals surface area contributed by atoms with Crippen LogP contribution in [0.1, 0.15) is 38.2 Å². The van der Waals surface area contributed by atoms with Gasteiger partial charge in [-0.25, -0.2) is 4.79 Å². The Morgan fingerprint density at radius 1 is 1.30 bits per heavy atom. The molecule has 4 heteroatoms. The van der Waals surface area contributed by atoms with E-state index in [0.717, 1.165) is 29.3 Å². The number of hydrogen-bond acceptors (Lipinski definition) is 3. The second-order valence-electron chi connectivity index (χ2n) is 4.90. The molecule has 0 aliphatic rings. The lowest BCUT2D eigenvalue weighted by Gasteiger charge is -2.07. The quantitative estimate of drug-likeness (QED) is 0.813. The van der Waals surface area contributed by atoms with Crippen LogP contribution in [0.15, 0.2) is 30.5 Å². The Balaban J connectivity index is 2.20. The van der Waals surface area contributed by atoms with Gasteiger partial charge in [0.2, 0.25) is 0 Å². The normalized spacial score (nSPS) is 10.7. The van der Waals surface area contributed by atoms with E-state index in [1.54, 1.807) is 12.1 Å². The highest BCUT2D eigenvalue weighted by Gasteiger charge is 2.07. The Morgan fingerprint density at radius 2 is 2.15 bits per heavy atom. The van der Waals surface area contributed by atoms with Crippen LogP contribution in [0.3, 0.4) is 0 Å². The summed E-state index contributed by atoms with van der Waals surface area (Å²) < 4.78 is 5.02. The lowest BCUT2D eigenvalue weighted by Crippen LogP contribution is -2.16. The number of amides is 1. The third-order valence-electron chi connectivity index (χ3n) is 3.27. The van der Waals surface area contributed by atoms with E-state index >= 15 is 0 Å². The summed E-state index contributed by atoms with van der Waals surface area (Å²) in [5, 5.41) is 0.833. The predicted molar refractivity (Wildman–Crippen MR) is 79.8 cm³/mol. The lowest BCUT2D eigenvalue weighted by molar-refractivity contribution is 0.211. The van der Waals surface area contributed by atoms with Gasteiger partial charge in [-0.15, -0.1) is 0 Å². The predicted octanol–water partition coefficient (Wildman–Crippen LogP) is 3.82. The van der Waals surface area contributed by atoms with Gasteiger partial charge in [0.1, 0.15) is 5.75 Å². The van der Waals surface area contributed by atoms with E-state index in [0.29, 0.717) is 5.75 Å². The van der Waals surface area contributed by atoms with Crippen LogP contribution in [-0.4, -0.2) is 11.1 Å². The van der Waals surface area contributed by atoms with Crippen LogP contribution in [-0.2, 0) is 6.42 Å². The molecule has 1 aromatic carbocycles. The summed E-state index contributed by atoms with van der Waals surface area (Å²) in [5.41, 5.74) is 7.05. The number of rotatable bonds is 6. The van der Waals surface area contributed by atoms with Crippen LogP contribution in [0.4, 0.5) is 4.79 Å². The maximum Gasteiger partial charge on any atom is 0.409 e. The number of hydrogen-bond donors (Lipinski definition) is 1. The van der Waals surface area contributed by atoms with Crippen LogP contribution < -0.4 is 10.5 Å². The Kier molecular flexibility index (Phi) is 4.93. The average molecular weight is 272 g/mol. The van der Waals surface area contributed by atoms with Crippen LogP contribution in [0.2, 0.25) is 0 Å². The molecule has 1 amide bonds. The number of pyridine rings is 1. The summed E-state index contributed by atoms with van der Waals surface area (Å²) in [6.45, 7) is 2.20.